The summed E-state index contributed by atoms with van der Waals surface area (Å²) in [7, 11) is 0. The summed E-state index contributed by atoms with van der Waals surface area (Å²) in [6.45, 7) is 7.11. The average molecular weight is 493 g/mol. The number of benzene rings is 2. The Morgan fingerprint density at radius 2 is 1.75 bits per heavy atom. The Morgan fingerprint density at radius 1 is 1.03 bits per heavy atom. The van der Waals surface area contributed by atoms with Gasteiger partial charge in [0.05, 0.1) is 5.69 Å². The molecule has 2 aliphatic rings. The van der Waals surface area contributed by atoms with Crippen LogP contribution in [-0.4, -0.2) is 53.0 Å². The van der Waals surface area contributed by atoms with Crippen LogP contribution in [0, 0.1) is 0 Å². The molecule has 0 fully saturated rings. The number of unbranched alkanes of at least 4 members (excludes halogenated alkanes) is 1. The highest BCUT2D eigenvalue weighted by molar-refractivity contribution is 6.02. The summed E-state index contributed by atoms with van der Waals surface area (Å²) >= 11 is 0. The van der Waals surface area contributed by atoms with Crippen molar-refractivity contribution in [3.63, 3.8) is 0 Å². The van der Waals surface area contributed by atoms with E-state index in [0.29, 0.717) is 58.2 Å². The molecule has 0 atom stereocenters. The Labute approximate surface area is 213 Å². The van der Waals surface area contributed by atoms with Crippen molar-refractivity contribution < 1.29 is 24.2 Å². The summed E-state index contributed by atoms with van der Waals surface area (Å²) < 4.78 is 5.59. The van der Waals surface area contributed by atoms with E-state index >= 15 is 0 Å². The number of para-hydroxylation sites is 1. The molecule has 2 amide bonds. The van der Waals surface area contributed by atoms with E-state index in [9.17, 15) is 19.5 Å². The second kappa shape index (κ2) is 10.7. The van der Waals surface area contributed by atoms with Crippen molar-refractivity contribution in [3.05, 3.63) is 58.7 Å². The van der Waals surface area contributed by atoms with Crippen LogP contribution in [0.25, 0.3) is 0 Å². The highest BCUT2D eigenvalue weighted by Gasteiger charge is 2.32. The number of rotatable bonds is 9. The largest absolute Gasteiger partial charge is 0.508 e. The van der Waals surface area contributed by atoms with Gasteiger partial charge in [0.1, 0.15) is 11.4 Å². The number of hydrogen-bond acceptors (Lipinski definition) is 5. The summed E-state index contributed by atoms with van der Waals surface area (Å²) in [4.78, 5) is 41.4. The molecule has 0 spiro atoms. The van der Waals surface area contributed by atoms with Gasteiger partial charge in [-0.05, 0) is 87.8 Å². The first-order chi connectivity index (χ1) is 17.1. The third kappa shape index (κ3) is 6.07. The van der Waals surface area contributed by atoms with Crippen molar-refractivity contribution in [1.82, 2.24) is 4.90 Å². The molecule has 0 radical (unpaired) electrons. The molecule has 0 bridgehead atoms. The third-order valence-corrected chi connectivity index (χ3v) is 6.75. The number of anilines is 1. The van der Waals surface area contributed by atoms with Crippen LogP contribution in [0.15, 0.2) is 36.4 Å². The summed E-state index contributed by atoms with van der Waals surface area (Å²) in [5, 5.41) is 10.1. The standard InChI is InChI=1S/C29H36N2O5/c1-29(2,3)36-28(35)30(16-13-20-8-4-5-9-24(20)32)15-7-6-10-25(33)23-18-21-11-12-26(34)31-17-14-22(19-23)27(21)31/h4-5,8-9,18-19,32H,6-7,10-17H2,1-3H3. The van der Waals surface area contributed by atoms with Crippen LogP contribution in [0.3, 0.4) is 0 Å². The van der Waals surface area contributed by atoms with Gasteiger partial charge in [-0.1, -0.05) is 18.2 Å². The van der Waals surface area contributed by atoms with Gasteiger partial charge in [0.15, 0.2) is 5.78 Å². The number of carbonyl (C=O) groups excluding carboxylic acids is 3. The molecular formula is C29H36N2O5. The number of aryl methyl sites for hydroxylation is 1. The van der Waals surface area contributed by atoms with Crippen molar-refractivity contribution in [3.8, 4) is 5.75 Å². The van der Waals surface area contributed by atoms with Crippen LogP contribution >= 0.6 is 0 Å². The molecule has 0 aliphatic carbocycles. The van der Waals surface area contributed by atoms with E-state index in [-0.39, 0.29) is 23.5 Å². The molecule has 7 heteroatoms. The Kier molecular flexibility index (Phi) is 7.67. The second-order valence-corrected chi connectivity index (χ2v) is 10.7. The highest BCUT2D eigenvalue weighted by Crippen LogP contribution is 2.37. The van der Waals surface area contributed by atoms with Gasteiger partial charge in [-0.3, -0.25) is 9.59 Å². The number of phenolic OH excluding ortho intramolecular Hbond substituents is 1. The SMILES string of the molecule is CC(C)(C)OC(=O)N(CCCCC(=O)c1cc2c3c(c1)CCN3C(=O)CC2)CCc1ccccc1O. The predicted octanol–water partition coefficient (Wildman–Crippen LogP) is 5.06. The Balaban J connectivity index is 1.33. The van der Waals surface area contributed by atoms with Crippen LogP contribution in [0.5, 0.6) is 5.75 Å². The summed E-state index contributed by atoms with van der Waals surface area (Å²) in [5.74, 6) is 0.493. The quantitative estimate of drug-likeness (QED) is 0.391. The predicted molar refractivity (Wildman–Crippen MR) is 139 cm³/mol. The van der Waals surface area contributed by atoms with Gasteiger partial charge in [0.2, 0.25) is 5.91 Å². The number of Topliss-reactive ketones (excluding diaryl/α,β-unsaturated/α-hetero) is 1. The average Bonchev–Trinajstić information content (AvgIpc) is 3.26. The van der Waals surface area contributed by atoms with E-state index in [1.807, 2.05) is 49.9 Å². The first-order valence-electron chi connectivity index (χ1n) is 12.9. The van der Waals surface area contributed by atoms with Gasteiger partial charge in [-0.25, -0.2) is 4.79 Å². The van der Waals surface area contributed by atoms with Crippen LogP contribution in [0.2, 0.25) is 0 Å². The van der Waals surface area contributed by atoms with Gasteiger partial charge < -0.3 is 19.6 Å². The van der Waals surface area contributed by atoms with E-state index in [1.165, 1.54) is 0 Å². The zero-order chi connectivity index (χ0) is 25.9. The highest BCUT2D eigenvalue weighted by atomic mass is 16.6. The first-order valence-corrected chi connectivity index (χ1v) is 12.9. The monoisotopic (exact) mass is 492 g/mol. The number of ketones is 1. The maximum Gasteiger partial charge on any atom is 0.410 e. The van der Waals surface area contributed by atoms with Crippen LogP contribution in [-0.2, 0) is 28.8 Å². The molecule has 0 aromatic heterocycles. The number of phenols is 1. The fourth-order valence-electron chi connectivity index (χ4n) is 4.95. The Bertz CT molecular complexity index is 1150. The van der Waals surface area contributed by atoms with E-state index < -0.39 is 5.60 Å². The molecule has 1 N–H and O–H groups in total. The molecule has 0 saturated carbocycles. The van der Waals surface area contributed by atoms with Gasteiger partial charge in [0.25, 0.3) is 0 Å². The normalized spacial score (nSPS) is 14.5. The topological polar surface area (TPSA) is 87.2 Å². The van der Waals surface area contributed by atoms with Crippen LogP contribution in [0.1, 0.15) is 73.5 Å². The molecule has 2 heterocycles. The summed E-state index contributed by atoms with van der Waals surface area (Å²) in [6.07, 6.45) is 3.87. The fourth-order valence-corrected chi connectivity index (χ4v) is 4.95. The Morgan fingerprint density at radius 3 is 2.47 bits per heavy atom. The number of hydrogen-bond donors (Lipinski definition) is 1. The lowest BCUT2D eigenvalue weighted by atomic mass is 9.94. The molecule has 192 valence electrons. The molecule has 2 aromatic rings. The number of carbonyl (C=O) groups is 3. The number of nitrogens with zero attached hydrogens (tertiary/aromatic N) is 2. The maximum atomic E-state index is 13.0. The Hall–Kier alpha value is -3.35. The minimum Gasteiger partial charge on any atom is -0.508 e. The van der Waals surface area contributed by atoms with E-state index in [0.717, 1.165) is 34.4 Å². The first kappa shape index (κ1) is 25.7. The van der Waals surface area contributed by atoms with Gasteiger partial charge in [0, 0.05) is 38.0 Å². The lowest BCUT2D eigenvalue weighted by Crippen LogP contribution is -2.38. The van der Waals surface area contributed by atoms with Crippen molar-refractivity contribution in [2.24, 2.45) is 0 Å². The van der Waals surface area contributed by atoms with Gasteiger partial charge in [-0.15, -0.1) is 0 Å². The molecule has 0 unspecified atom stereocenters. The number of amides is 2. The summed E-state index contributed by atoms with van der Waals surface area (Å²) in [5.41, 5.74) is 4.14. The summed E-state index contributed by atoms with van der Waals surface area (Å²) in [6, 6.07) is 11.0. The van der Waals surface area contributed by atoms with E-state index in [1.54, 1.807) is 17.0 Å². The van der Waals surface area contributed by atoms with Crippen molar-refractivity contribution in [1.29, 1.82) is 0 Å². The van der Waals surface area contributed by atoms with Crippen molar-refractivity contribution >= 4 is 23.5 Å². The lowest BCUT2D eigenvalue weighted by molar-refractivity contribution is -0.118. The van der Waals surface area contributed by atoms with Gasteiger partial charge >= 0.3 is 6.09 Å². The second-order valence-electron chi connectivity index (χ2n) is 10.7. The maximum absolute atomic E-state index is 13.0. The minimum atomic E-state index is -0.603. The molecule has 0 saturated heterocycles. The molecule has 36 heavy (non-hydrogen) atoms. The third-order valence-electron chi connectivity index (χ3n) is 6.75. The molecule has 7 nitrogen and oxygen atoms in total. The zero-order valence-electron chi connectivity index (χ0n) is 21.5. The molecule has 2 aromatic carbocycles. The molecule has 4 rings (SSSR count). The lowest BCUT2D eigenvalue weighted by Gasteiger charge is -2.27. The zero-order valence-corrected chi connectivity index (χ0v) is 21.5. The fraction of sp³-hybridized carbons (Fsp3) is 0.483. The number of ether oxygens (including phenoxy) is 1. The van der Waals surface area contributed by atoms with Crippen molar-refractivity contribution in [2.45, 2.75) is 71.3 Å². The molecule has 2 aliphatic heterocycles. The molecular weight excluding hydrogens is 456 g/mol. The van der Waals surface area contributed by atoms with Crippen LogP contribution < -0.4 is 4.90 Å². The minimum absolute atomic E-state index is 0.0995. The van der Waals surface area contributed by atoms with Crippen molar-refractivity contribution in [2.75, 3.05) is 24.5 Å². The smallest absolute Gasteiger partial charge is 0.410 e. The number of aromatic hydroxyl groups is 1. The van der Waals surface area contributed by atoms with E-state index in [2.05, 4.69) is 0 Å². The van der Waals surface area contributed by atoms with Crippen LogP contribution in [0.4, 0.5) is 10.5 Å². The van der Waals surface area contributed by atoms with E-state index in [4.69, 9.17) is 4.74 Å². The van der Waals surface area contributed by atoms with Gasteiger partial charge in [-0.2, -0.15) is 0 Å².